The van der Waals surface area contributed by atoms with Crippen LogP contribution in [0.5, 0.6) is 0 Å². The zero-order valence-corrected chi connectivity index (χ0v) is 11.5. The lowest BCUT2D eigenvalue weighted by Gasteiger charge is -2.36. The smallest absolute Gasteiger partial charge is 0.303 e. The number of aliphatic carboxylic acids is 1. The Hall–Kier alpha value is -0.940. The van der Waals surface area contributed by atoms with E-state index in [2.05, 4.69) is 16.8 Å². The van der Waals surface area contributed by atoms with E-state index in [4.69, 9.17) is 5.11 Å². The van der Waals surface area contributed by atoms with Gasteiger partial charge < -0.3 is 5.11 Å². The summed E-state index contributed by atoms with van der Waals surface area (Å²) in [6.07, 6.45) is 5.39. The van der Waals surface area contributed by atoms with Crippen LogP contribution in [0.2, 0.25) is 0 Å². The zero-order valence-electron chi connectivity index (χ0n) is 10.7. The first kappa shape index (κ1) is 13.5. The molecule has 2 rings (SSSR count). The van der Waals surface area contributed by atoms with Crippen LogP contribution < -0.4 is 0 Å². The highest BCUT2D eigenvalue weighted by Gasteiger charge is 2.25. The van der Waals surface area contributed by atoms with Gasteiger partial charge in [-0.15, -0.1) is 11.3 Å². The average molecular weight is 268 g/mol. The van der Waals surface area contributed by atoms with Gasteiger partial charge in [-0.25, -0.2) is 0 Å². The van der Waals surface area contributed by atoms with Gasteiger partial charge in [-0.3, -0.25) is 14.7 Å². The van der Waals surface area contributed by atoms with Gasteiger partial charge in [-0.2, -0.15) is 0 Å². The average Bonchev–Trinajstić information content (AvgIpc) is 2.89. The van der Waals surface area contributed by atoms with Crippen LogP contribution in [0.4, 0.5) is 0 Å². The zero-order chi connectivity index (χ0) is 13.0. The van der Waals surface area contributed by atoms with Crippen molar-refractivity contribution in [2.24, 2.45) is 5.92 Å². The molecular formula is C13H20N2O2S. The number of aromatic nitrogens is 1. The van der Waals surface area contributed by atoms with E-state index >= 15 is 0 Å². The number of carboxylic acid groups (broad SMARTS) is 1. The van der Waals surface area contributed by atoms with Crippen molar-refractivity contribution in [3.63, 3.8) is 0 Å². The largest absolute Gasteiger partial charge is 0.481 e. The molecule has 2 atom stereocenters. The van der Waals surface area contributed by atoms with Gasteiger partial charge in [-0.1, -0.05) is 0 Å². The molecule has 1 fully saturated rings. The van der Waals surface area contributed by atoms with Crippen LogP contribution in [-0.2, 0) is 4.79 Å². The van der Waals surface area contributed by atoms with E-state index in [1.165, 1.54) is 17.7 Å². The van der Waals surface area contributed by atoms with Gasteiger partial charge in [0.2, 0.25) is 0 Å². The molecule has 0 amide bonds. The first-order chi connectivity index (χ1) is 8.66. The Morgan fingerprint density at radius 2 is 2.56 bits per heavy atom. The molecule has 1 aromatic heterocycles. The normalized spacial score (nSPS) is 22.8. The molecule has 0 aliphatic carbocycles. The summed E-state index contributed by atoms with van der Waals surface area (Å²) in [5.74, 6) is -0.146. The first-order valence-electron chi connectivity index (χ1n) is 6.51. The fraction of sp³-hybridized carbons (Fsp3) is 0.692. The Morgan fingerprint density at radius 3 is 3.22 bits per heavy atom. The lowest BCUT2D eigenvalue weighted by Crippen LogP contribution is -2.37. The van der Waals surface area contributed by atoms with Crippen LogP contribution in [0.25, 0.3) is 0 Å². The maximum atomic E-state index is 10.6. The van der Waals surface area contributed by atoms with Gasteiger partial charge in [0.25, 0.3) is 0 Å². The van der Waals surface area contributed by atoms with Crippen LogP contribution >= 0.6 is 11.3 Å². The number of piperidine rings is 1. The van der Waals surface area contributed by atoms with Crippen molar-refractivity contribution in [1.82, 2.24) is 9.88 Å². The van der Waals surface area contributed by atoms with Gasteiger partial charge >= 0.3 is 5.97 Å². The topological polar surface area (TPSA) is 53.4 Å². The van der Waals surface area contributed by atoms with Crippen LogP contribution in [0.15, 0.2) is 11.7 Å². The minimum Gasteiger partial charge on any atom is -0.481 e. The van der Waals surface area contributed by atoms with Crippen molar-refractivity contribution in [3.8, 4) is 0 Å². The van der Waals surface area contributed by atoms with E-state index in [1.807, 2.05) is 11.7 Å². The van der Waals surface area contributed by atoms with Crippen molar-refractivity contribution in [2.45, 2.75) is 38.6 Å². The summed E-state index contributed by atoms with van der Waals surface area (Å²) < 4.78 is 0. The molecule has 100 valence electrons. The van der Waals surface area contributed by atoms with E-state index in [0.29, 0.717) is 18.4 Å². The second-order valence-electron chi connectivity index (χ2n) is 5.02. The standard InChI is InChI=1S/C13H20N2O2S/c1-10(12-7-14-9-18-12)15-6-2-3-11(8-15)4-5-13(16)17/h7,9-11H,2-6,8H2,1H3,(H,16,17). The number of hydrogen-bond acceptors (Lipinski definition) is 4. The van der Waals surface area contributed by atoms with Crippen molar-refractivity contribution in [3.05, 3.63) is 16.6 Å². The molecule has 1 aliphatic heterocycles. The monoisotopic (exact) mass is 268 g/mol. The fourth-order valence-electron chi connectivity index (χ4n) is 2.62. The quantitative estimate of drug-likeness (QED) is 0.892. The molecule has 1 aliphatic rings. The lowest BCUT2D eigenvalue weighted by atomic mass is 9.92. The number of likely N-dealkylation sites (tertiary alicyclic amines) is 1. The Balaban J connectivity index is 1.88. The second kappa shape index (κ2) is 6.29. The van der Waals surface area contributed by atoms with Gasteiger partial charge in [0.15, 0.2) is 0 Å². The van der Waals surface area contributed by atoms with Crippen LogP contribution in [0.3, 0.4) is 0 Å². The van der Waals surface area contributed by atoms with Crippen molar-refractivity contribution in [1.29, 1.82) is 0 Å². The molecule has 1 aromatic rings. The van der Waals surface area contributed by atoms with Crippen LogP contribution in [-0.4, -0.2) is 34.0 Å². The SMILES string of the molecule is CC(c1cncs1)N1CCCC(CCC(=O)O)C1. The molecule has 1 saturated heterocycles. The van der Waals surface area contributed by atoms with Crippen molar-refractivity contribution < 1.29 is 9.90 Å². The Bertz CT molecular complexity index is 380. The molecule has 0 saturated carbocycles. The summed E-state index contributed by atoms with van der Waals surface area (Å²) in [7, 11) is 0. The van der Waals surface area contributed by atoms with Gasteiger partial charge in [-0.05, 0) is 38.6 Å². The molecule has 2 unspecified atom stereocenters. The number of hydrogen-bond donors (Lipinski definition) is 1. The minimum absolute atomic E-state index is 0.299. The highest BCUT2D eigenvalue weighted by molar-refractivity contribution is 7.09. The summed E-state index contributed by atoms with van der Waals surface area (Å²) >= 11 is 1.70. The summed E-state index contributed by atoms with van der Waals surface area (Å²) in [5.41, 5.74) is 1.87. The third kappa shape index (κ3) is 3.53. The first-order valence-corrected chi connectivity index (χ1v) is 7.39. The number of carboxylic acids is 1. The number of carbonyl (C=O) groups is 1. The molecule has 0 bridgehead atoms. The number of nitrogens with zero attached hydrogens (tertiary/aromatic N) is 2. The van der Waals surface area contributed by atoms with E-state index in [9.17, 15) is 4.79 Å². The summed E-state index contributed by atoms with van der Waals surface area (Å²) in [6, 6.07) is 0.408. The molecule has 18 heavy (non-hydrogen) atoms. The summed E-state index contributed by atoms with van der Waals surface area (Å²) in [5, 5.41) is 8.75. The maximum Gasteiger partial charge on any atom is 0.303 e. The van der Waals surface area contributed by atoms with Gasteiger partial charge in [0.1, 0.15) is 0 Å². The molecule has 4 nitrogen and oxygen atoms in total. The summed E-state index contributed by atoms with van der Waals surface area (Å²) in [4.78, 5) is 18.5. The highest BCUT2D eigenvalue weighted by atomic mass is 32.1. The van der Waals surface area contributed by atoms with Gasteiger partial charge in [0.05, 0.1) is 5.51 Å². The Labute approximate surface area is 112 Å². The van der Waals surface area contributed by atoms with Crippen LogP contribution in [0, 0.1) is 5.92 Å². The van der Waals surface area contributed by atoms with Crippen LogP contribution in [0.1, 0.15) is 43.5 Å². The molecule has 0 spiro atoms. The molecular weight excluding hydrogens is 248 g/mol. The Kier molecular flexibility index (Phi) is 4.72. The Morgan fingerprint density at radius 1 is 1.72 bits per heavy atom. The fourth-order valence-corrected chi connectivity index (χ4v) is 3.34. The third-order valence-corrected chi connectivity index (χ3v) is 4.67. The highest BCUT2D eigenvalue weighted by Crippen LogP contribution is 2.29. The maximum absolute atomic E-state index is 10.6. The van der Waals surface area contributed by atoms with Crippen molar-refractivity contribution >= 4 is 17.3 Å². The van der Waals surface area contributed by atoms with E-state index < -0.39 is 5.97 Å². The second-order valence-corrected chi connectivity index (χ2v) is 5.93. The number of rotatable bonds is 5. The molecule has 0 aromatic carbocycles. The van der Waals surface area contributed by atoms with Crippen molar-refractivity contribution in [2.75, 3.05) is 13.1 Å². The lowest BCUT2D eigenvalue weighted by molar-refractivity contribution is -0.137. The predicted octanol–water partition coefficient (Wildman–Crippen LogP) is 2.78. The molecule has 0 radical (unpaired) electrons. The molecule has 2 heterocycles. The molecule has 1 N–H and O–H groups in total. The van der Waals surface area contributed by atoms with E-state index in [-0.39, 0.29) is 0 Å². The van der Waals surface area contributed by atoms with Gasteiger partial charge in [0, 0.05) is 30.1 Å². The minimum atomic E-state index is -0.678. The summed E-state index contributed by atoms with van der Waals surface area (Å²) in [6.45, 7) is 4.35. The third-order valence-electron chi connectivity index (χ3n) is 3.73. The predicted molar refractivity (Wildman–Crippen MR) is 71.7 cm³/mol. The van der Waals surface area contributed by atoms with E-state index in [0.717, 1.165) is 19.5 Å². The van der Waals surface area contributed by atoms with E-state index in [1.54, 1.807) is 11.3 Å². The number of thiazole rings is 1. The molecule has 5 heteroatoms.